The first-order chi connectivity index (χ1) is 11.5. The van der Waals surface area contributed by atoms with Crippen LogP contribution in [0.2, 0.25) is 0 Å². The van der Waals surface area contributed by atoms with Crippen LogP contribution in [0.25, 0.3) is 0 Å². The topological polar surface area (TPSA) is 75.2 Å². The molecule has 0 spiro atoms. The van der Waals surface area contributed by atoms with Crippen LogP contribution in [0, 0.1) is 13.8 Å². The summed E-state index contributed by atoms with van der Waals surface area (Å²) in [6, 6.07) is 8.84. The van der Waals surface area contributed by atoms with E-state index in [0.717, 1.165) is 37.3 Å². The number of hydrogen-bond acceptors (Lipinski definition) is 5. The third-order valence-electron chi connectivity index (χ3n) is 4.20. The summed E-state index contributed by atoms with van der Waals surface area (Å²) in [5, 5.41) is 8.20. The van der Waals surface area contributed by atoms with Crippen molar-refractivity contribution >= 4 is 21.7 Å². The SMILES string of the molecule is Cc1ccc(C)c(S(=O)(=O)Nc2ccc(N3CCCCC3)nn2)c1. The summed E-state index contributed by atoms with van der Waals surface area (Å²) in [6.07, 6.45) is 3.56. The van der Waals surface area contributed by atoms with Crippen LogP contribution < -0.4 is 9.62 Å². The van der Waals surface area contributed by atoms with E-state index in [0.29, 0.717) is 5.56 Å². The van der Waals surface area contributed by atoms with E-state index < -0.39 is 10.0 Å². The summed E-state index contributed by atoms with van der Waals surface area (Å²) in [5.41, 5.74) is 1.60. The Kier molecular flexibility index (Phi) is 4.71. The molecule has 0 atom stereocenters. The van der Waals surface area contributed by atoms with Gasteiger partial charge in [-0.1, -0.05) is 12.1 Å². The highest BCUT2D eigenvalue weighted by Gasteiger charge is 2.18. The number of sulfonamides is 1. The normalized spacial score (nSPS) is 15.3. The van der Waals surface area contributed by atoms with E-state index in [1.807, 2.05) is 19.1 Å². The van der Waals surface area contributed by atoms with Crippen molar-refractivity contribution in [2.24, 2.45) is 0 Å². The Morgan fingerprint density at radius 3 is 2.42 bits per heavy atom. The van der Waals surface area contributed by atoms with Crippen molar-refractivity contribution in [1.82, 2.24) is 10.2 Å². The van der Waals surface area contributed by atoms with Gasteiger partial charge in [0.05, 0.1) is 4.90 Å². The predicted octanol–water partition coefficient (Wildman–Crippen LogP) is 2.88. The van der Waals surface area contributed by atoms with Crippen LogP contribution >= 0.6 is 0 Å². The number of rotatable bonds is 4. The molecule has 2 heterocycles. The van der Waals surface area contributed by atoms with Crippen LogP contribution in [0.15, 0.2) is 35.2 Å². The molecule has 24 heavy (non-hydrogen) atoms. The number of benzene rings is 1. The van der Waals surface area contributed by atoms with Gasteiger partial charge in [-0.05, 0) is 62.4 Å². The molecule has 0 radical (unpaired) electrons. The zero-order chi connectivity index (χ0) is 17.2. The Balaban J connectivity index is 1.78. The molecule has 1 N–H and O–H groups in total. The largest absolute Gasteiger partial charge is 0.355 e. The molecule has 0 aliphatic carbocycles. The second-order valence-corrected chi connectivity index (χ2v) is 7.85. The molecule has 0 unspecified atom stereocenters. The maximum atomic E-state index is 12.6. The van der Waals surface area contributed by atoms with Crippen LogP contribution in [0.1, 0.15) is 30.4 Å². The molecule has 1 aliphatic heterocycles. The molecule has 2 aromatic rings. The average Bonchev–Trinajstić information content (AvgIpc) is 2.58. The highest BCUT2D eigenvalue weighted by atomic mass is 32.2. The number of anilines is 2. The molecule has 1 aromatic heterocycles. The van der Waals surface area contributed by atoms with Gasteiger partial charge in [-0.25, -0.2) is 8.42 Å². The zero-order valence-corrected chi connectivity index (χ0v) is 14.8. The van der Waals surface area contributed by atoms with Gasteiger partial charge in [0.25, 0.3) is 10.0 Å². The maximum Gasteiger partial charge on any atom is 0.263 e. The van der Waals surface area contributed by atoms with Crippen LogP contribution in [-0.4, -0.2) is 31.7 Å². The first kappa shape index (κ1) is 16.7. The van der Waals surface area contributed by atoms with Gasteiger partial charge in [0.1, 0.15) is 0 Å². The molecule has 0 saturated carbocycles. The Labute approximate surface area is 143 Å². The molecule has 7 heteroatoms. The number of aryl methyl sites for hydroxylation is 2. The Morgan fingerprint density at radius 2 is 1.75 bits per heavy atom. The Bertz CT molecular complexity index is 813. The first-order valence-corrected chi connectivity index (χ1v) is 9.63. The van der Waals surface area contributed by atoms with Crippen molar-refractivity contribution in [3.63, 3.8) is 0 Å². The molecule has 6 nitrogen and oxygen atoms in total. The van der Waals surface area contributed by atoms with Gasteiger partial charge in [0, 0.05) is 13.1 Å². The number of piperidine rings is 1. The van der Waals surface area contributed by atoms with Crippen molar-refractivity contribution in [1.29, 1.82) is 0 Å². The van der Waals surface area contributed by atoms with Crippen LogP contribution in [0.5, 0.6) is 0 Å². The van der Waals surface area contributed by atoms with Gasteiger partial charge in [-0.15, -0.1) is 10.2 Å². The molecule has 1 aliphatic rings. The summed E-state index contributed by atoms with van der Waals surface area (Å²) < 4.78 is 27.7. The third-order valence-corrected chi connectivity index (χ3v) is 5.70. The molecule has 128 valence electrons. The standard InChI is InChI=1S/C17H22N4O2S/c1-13-6-7-14(2)15(12-13)24(22,23)20-16-8-9-17(19-18-16)21-10-4-3-5-11-21/h6-9,12H,3-5,10-11H2,1-2H3,(H,18,20). The summed E-state index contributed by atoms with van der Waals surface area (Å²) in [5.74, 6) is 1.03. The van der Waals surface area contributed by atoms with Gasteiger partial charge < -0.3 is 4.90 Å². The monoisotopic (exact) mass is 346 g/mol. The fourth-order valence-electron chi connectivity index (χ4n) is 2.86. The van der Waals surface area contributed by atoms with Crippen molar-refractivity contribution < 1.29 is 8.42 Å². The van der Waals surface area contributed by atoms with E-state index in [1.165, 1.54) is 6.42 Å². The van der Waals surface area contributed by atoms with Crippen molar-refractivity contribution in [2.75, 3.05) is 22.7 Å². The van der Waals surface area contributed by atoms with E-state index in [2.05, 4.69) is 19.8 Å². The fraction of sp³-hybridized carbons (Fsp3) is 0.412. The highest BCUT2D eigenvalue weighted by molar-refractivity contribution is 7.92. The van der Waals surface area contributed by atoms with Gasteiger partial charge in [0.15, 0.2) is 11.6 Å². The third kappa shape index (κ3) is 3.67. The lowest BCUT2D eigenvalue weighted by atomic mass is 10.1. The van der Waals surface area contributed by atoms with Crippen LogP contribution in [-0.2, 0) is 10.0 Å². The van der Waals surface area contributed by atoms with Gasteiger partial charge >= 0.3 is 0 Å². The van der Waals surface area contributed by atoms with Gasteiger partial charge in [-0.3, -0.25) is 4.72 Å². The van der Waals surface area contributed by atoms with Gasteiger partial charge in [-0.2, -0.15) is 0 Å². The van der Waals surface area contributed by atoms with Crippen LogP contribution in [0.4, 0.5) is 11.6 Å². The second kappa shape index (κ2) is 6.76. The molecular weight excluding hydrogens is 324 g/mol. The van der Waals surface area contributed by atoms with E-state index in [1.54, 1.807) is 25.1 Å². The lowest BCUT2D eigenvalue weighted by molar-refractivity contribution is 0.571. The number of hydrogen-bond donors (Lipinski definition) is 1. The summed E-state index contributed by atoms with van der Waals surface area (Å²) >= 11 is 0. The molecule has 3 rings (SSSR count). The minimum absolute atomic E-state index is 0.233. The predicted molar refractivity (Wildman–Crippen MR) is 94.8 cm³/mol. The molecule has 1 saturated heterocycles. The lowest BCUT2D eigenvalue weighted by Gasteiger charge is -2.27. The molecule has 1 fully saturated rings. The average molecular weight is 346 g/mol. The molecule has 0 amide bonds. The fourth-order valence-corrected chi connectivity index (χ4v) is 4.19. The van der Waals surface area contributed by atoms with Crippen molar-refractivity contribution in [3.05, 3.63) is 41.5 Å². The van der Waals surface area contributed by atoms with E-state index in [9.17, 15) is 8.42 Å². The zero-order valence-electron chi connectivity index (χ0n) is 14.0. The summed E-state index contributed by atoms with van der Waals surface area (Å²) in [4.78, 5) is 2.45. The van der Waals surface area contributed by atoms with E-state index in [4.69, 9.17) is 0 Å². The Hall–Kier alpha value is -2.15. The minimum atomic E-state index is -3.67. The molecular formula is C17H22N4O2S. The maximum absolute atomic E-state index is 12.6. The molecule has 0 bridgehead atoms. The van der Waals surface area contributed by atoms with Crippen LogP contribution in [0.3, 0.4) is 0 Å². The lowest BCUT2D eigenvalue weighted by Crippen LogP contribution is -2.30. The van der Waals surface area contributed by atoms with Gasteiger partial charge in [0.2, 0.25) is 0 Å². The van der Waals surface area contributed by atoms with E-state index >= 15 is 0 Å². The number of aromatic nitrogens is 2. The number of nitrogens with one attached hydrogen (secondary N) is 1. The second-order valence-electron chi connectivity index (χ2n) is 6.20. The quantitative estimate of drug-likeness (QED) is 0.921. The smallest absolute Gasteiger partial charge is 0.263 e. The van der Waals surface area contributed by atoms with E-state index in [-0.39, 0.29) is 10.7 Å². The summed E-state index contributed by atoms with van der Waals surface area (Å²) in [6.45, 7) is 5.59. The van der Waals surface area contributed by atoms with Crippen molar-refractivity contribution in [3.8, 4) is 0 Å². The first-order valence-electron chi connectivity index (χ1n) is 8.14. The Morgan fingerprint density at radius 1 is 1.00 bits per heavy atom. The molecule has 1 aromatic carbocycles. The minimum Gasteiger partial charge on any atom is -0.355 e. The highest BCUT2D eigenvalue weighted by Crippen LogP contribution is 2.21. The summed E-state index contributed by atoms with van der Waals surface area (Å²) in [7, 11) is -3.67. The van der Waals surface area contributed by atoms with Crippen molar-refractivity contribution in [2.45, 2.75) is 38.0 Å². The number of nitrogens with zero attached hydrogens (tertiary/aromatic N) is 3.